The Balaban J connectivity index is 2.68. The SMILES string of the molecule is CC(C)CN(CCC(N)=S)C(=O)c1ccsc1. The smallest absolute Gasteiger partial charge is 0.254 e. The highest BCUT2D eigenvalue weighted by Gasteiger charge is 2.17. The number of thiocarbonyl (C=S) groups is 1. The zero-order valence-electron chi connectivity index (χ0n) is 10.2. The topological polar surface area (TPSA) is 46.3 Å². The Labute approximate surface area is 112 Å². The molecule has 1 aromatic rings. The minimum absolute atomic E-state index is 0.0659. The Bertz CT molecular complexity index is 374. The van der Waals surface area contributed by atoms with E-state index in [0.717, 1.165) is 12.1 Å². The van der Waals surface area contributed by atoms with Gasteiger partial charge in [-0.25, -0.2) is 0 Å². The molecule has 0 spiro atoms. The van der Waals surface area contributed by atoms with E-state index in [2.05, 4.69) is 13.8 Å². The number of rotatable bonds is 6. The predicted molar refractivity (Wildman–Crippen MR) is 76.5 cm³/mol. The molecule has 0 aromatic carbocycles. The second kappa shape index (κ2) is 6.71. The van der Waals surface area contributed by atoms with Crippen molar-refractivity contribution in [2.75, 3.05) is 13.1 Å². The summed E-state index contributed by atoms with van der Waals surface area (Å²) in [6.07, 6.45) is 0.581. The fourth-order valence-electron chi connectivity index (χ4n) is 1.53. The van der Waals surface area contributed by atoms with E-state index in [0.29, 0.717) is 23.9 Å². The molecule has 3 nitrogen and oxygen atoms in total. The quantitative estimate of drug-likeness (QED) is 0.808. The van der Waals surface area contributed by atoms with Crippen molar-refractivity contribution in [2.45, 2.75) is 20.3 Å². The lowest BCUT2D eigenvalue weighted by molar-refractivity contribution is 0.0742. The van der Waals surface area contributed by atoms with Crippen molar-refractivity contribution in [3.63, 3.8) is 0 Å². The van der Waals surface area contributed by atoms with E-state index < -0.39 is 0 Å². The number of thiophene rings is 1. The van der Waals surface area contributed by atoms with Crippen molar-refractivity contribution in [3.8, 4) is 0 Å². The molecular weight excluding hydrogens is 252 g/mol. The van der Waals surface area contributed by atoms with Gasteiger partial charge in [0.2, 0.25) is 0 Å². The molecule has 0 saturated carbocycles. The molecule has 0 aliphatic rings. The van der Waals surface area contributed by atoms with E-state index in [-0.39, 0.29) is 5.91 Å². The Morgan fingerprint density at radius 3 is 2.76 bits per heavy atom. The molecule has 1 amide bonds. The predicted octanol–water partition coefficient (Wildman–Crippen LogP) is 2.52. The van der Waals surface area contributed by atoms with Crippen LogP contribution in [-0.4, -0.2) is 28.9 Å². The Hall–Kier alpha value is -0.940. The van der Waals surface area contributed by atoms with Crippen LogP contribution in [0.3, 0.4) is 0 Å². The van der Waals surface area contributed by atoms with Crippen molar-refractivity contribution >= 4 is 34.5 Å². The van der Waals surface area contributed by atoms with Crippen molar-refractivity contribution < 1.29 is 4.79 Å². The number of amides is 1. The van der Waals surface area contributed by atoms with Crippen LogP contribution in [0.15, 0.2) is 16.8 Å². The second-order valence-electron chi connectivity index (χ2n) is 4.37. The lowest BCUT2D eigenvalue weighted by atomic mass is 10.2. The fourth-order valence-corrected chi connectivity index (χ4v) is 2.25. The maximum absolute atomic E-state index is 12.2. The van der Waals surface area contributed by atoms with E-state index in [1.54, 1.807) is 0 Å². The molecule has 0 radical (unpaired) electrons. The molecule has 0 fully saturated rings. The molecule has 0 aliphatic heterocycles. The average molecular weight is 270 g/mol. The van der Waals surface area contributed by atoms with Gasteiger partial charge in [0.05, 0.1) is 10.6 Å². The summed E-state index contributed by atoms with van der Waals surface area (Å²) in [4.78, 5) is 14.5. The summed E-state index contributed by atoms with van der Waals surface area (Å²) < 4.78 is 0. The van der Waals surface area contributed by atoms with Crippen LogP contribution in [0.2, 0.25) is 0 Å². The zero-order chi connectivity index (χ0) is 12.8. The van der Waals surface area contributed by atoms with Gasteiger partial charge in [0.25, 0.3) is 5.91 Å². The zero-order valence-corrected chi connectivity index (χ0v) is 11.8. The maximum atomic E-state index is 12.2. The third kappa shape index (κ3) is 4.83. The third-order valence-corrected chi connectivity index (χ3v) is 3.16. The summed E-state index contributed by atoms with van der Waals surface area (Å²) in [7, 11) is 0. The van der Waals surface area contributed by atoms with Gasteiger partial charge in [0.1, 0.15) is 0 Å². The average Bonchev–Trinajstić information content (AvgIpc) is 2.75. The summed E-state index contributed by atoms with van der Waals surface area (Å²) in [5, 5.41) is 3.78. The van der Waals surface area contributed by atoms with Crippen LogP contribution in [0.1, 0.15) is 30.6 Å². The lowest BCUT2D eigenvalue weighted by Gasteiger charge is -2.24. The van der Waals surface area contributed by atoms with Gasteiger partial charge in [-0.05, 0) is 17.4 Å². The van der Waals surface area contributed by atoms with Crippen molar-refractivity contribution in [3.05, 3.63) is 22.4 Å². The molecule has 0 bridgehead atoms. The minimum Gasteiger partial charge on any atom is -0.393 e. The molecule has 94 valence electrons. The number of carbonyl (C=O) groups is 1. The minimum atomic E-state index is 0.0659. The highest BCUT2D eigenvalue weighted by Crippen LogP contribution is 2.11. The van der Waals surface area contributed by atoms with Gasteiger partial charge in [0, 0.05) is 24.9 Å². The van der Waals surface area contributed by atoms with Crippen molar-refractivity contribution in [1.82, 2.24) is 4.90 Å². The summed E-state index contributed by atoms with van der Waals surface area (Å²) in [6, 6.07) is 1.85. The summed E-state index contributed by atoms with van der Waals surface area (Å²) >= 11 is 6.39. The van der Waals surface area contributed by atoms with Gasteiger partial charge < -0.3 is 10.6 Å². The lowest BCUT2D eigenvalue weighted by Crippen LogP contribution is -2.36. The Kier molecular flexibility index (Phi) is 5.58. The molecule has 0 atom stereocenters. The van der Waals surface area contributed by atoms with Gasteiger partial charge in [0.15, 0.2) is 0 Å². The normalized spacial score (nSPS) is 10.5. The summed E-state index contributed by atoms with van der Waals surface area (Å²) in [6.45, 7) is 5.52. The van der Waals surface area contributed by atoms with Crippen LogP contribution < -0.4 is 5.73 Å². The summed E-state index contributed by atoms with van der Waals surface area (Å²) in [5.41, 5.74) is 6.23. The van der Waals surface area contributed by atoms with Crippen LogP contribution in [0.4, 0.5) is 0 Å². The first-order chi connectivity index (χ1) is 8.00. The first kappa shape index (κ1) is 14.1. The van der Waals surface area contributed by atoms with Crippen LogP contribution in [0, 0.1) is 5.92 Å². The number of nitrogens with two attached hydrogens (primary N) is 1. The van der Waals surface area contributed by atoms with Gasteiger partial charge in [-0.2, -0.15) is 11.3 Å². The molecule has 2 N–H and O–H groups in total. The van der Waals surface area contributed by atoms with E-state index >= 15 is 0 Å². The highest BCUT2D eigenvalue weighted by molar-refractivity contribution is 7.80. The standard InChI is InChI=1S/C12H18N2OS2/c1-9(2)7-14(5-3-11(13)16)12(15)10-4-6-17-8-10/h4,6,8-9H,3,5,7H2,1-2H3,(H2,13,16). The molecule has 0 aliphatic carbocycles. The molecule has 1 aromatic heterocycles. The molecule has 1 rings (SSSR count). The van der Waals surface area contributed by atoms with Crippen LogP contribution >= 0.6 is 23.6 Å². The summed E-state index contributed by atoms with van der Waals surface area (Å²) in [5.74, 6) is 0.500. The van der Waals surface area contributed by atoms with Gasteiger partial charge >= 0.3 is 0 Å². The van der Waals surface area contributed by atoms with Crippen molar-refractivity contribution in [2.24, 2.45) is 11.7 Å². The molecule has 17 heavy (non-hydrogen) atoms. The molecular formula is C12H18N2OS2. The van der Waals surface area contributed by atoms with Crippen LogP contribution in [-0.2, 0) is 0 Å². The maximum Gasteiger partial charge on any atom is 0.254 e. The number of nitrogens with zero attached hydrogens (tertiary/aromatic N) is 1. The third-order valence-electron chi connectivity index (χ3n) is 2.27. The van der Waals surface area contributed by atoms with Gasteiger partial charge in [-0.3, -0.25) is 4.79 Å². The fraction of sp³-hybridized carbons (Fsp3) is 0.500. The number of carbonyl (C=O) groups excluding carboxylic acids is 1. The van der Waals surface area contributed by atoms with E-state index in [1.807, 2.05) is 21.7 Å². The first-order valence-electron chi connectivity index (χ1n) is 5.60. The number of hydrogen-bond donors (Lipinski definition) is 1. The molecule has 5 heteroatoms. The van der Waals surface area contributed by atoms with E-state index in [9.17, 15) is 4.79 Å². The Morgan fingerprint density at radius 2 is 2.29 bits per heavy atom. The van der Waals surface area contributed by atoms with Gasteiger partial charge in [-0.15, -0.1) is 0 Å². The van der Waals surface area contributed by atoms with Crippen LogP contribution in [0.25, 0.3) is 0 Å². The second-order valence-corrected chi connectivity index (χ2v) is 5.68. The molecule has 0 unspecified atom stereocenters. The van der Waals surface area contributed by atoms with Crippen molar-refractivity contribution in [1.29, 1.82) is 0 Å². The largest absolute Gasteiger partial charge is 0.393 e. The molecule has 1 heterocycles. The van der Waals surface area contributed by atoms with E-state index in [4.69, 9.17) is 18.0 Å². The van der Waals surface area contributed by atoms with Crippen LogP contribution in [0.5, 0.6) is 0 Å². The molecule has 0 saturated heterocycles. The first-order valence-corrected chi connectivity index (χ1v) is 6.95. The monoisotopic (exact) mass is 270 g/mol. The highest BCUT2D eigenvalue weighted by atomic mass is 32.1. The van der Waals surface area contributed by atoms with E-state index in [1.165, 1.54) is 11.3 Å². The number of hydrogen-bond acceptors (Lipinski definition) is 3. The van der Waals surface area contributed by atoms with Gasteiger partial charge in [-0.1, -0.05) is 26.1 Å². The Morgan fingerprint density at radius 1 is 1.59 bits per heavy atom.